The summed E-state index contributed by atoms with van der Waals surface area (Å²) in [6.45, 7) is 12.5. The molecular weight excluding hydrogens is 198 g/mol. The molecule has 1 aromatic heterocycles. The van der Waals surface area contributed by atoms with Gasteiger partial charge in [0.2, 0.25) is 0 Å². The van der Waals surface area contributed by atoms with E-state index in [0.29, 0.717) is 17.3 Å². The van der Waals surface area contributed by atoms with Crippen molar-refractivity contribution in [1.82, 2.24) is 14.9 Å². The molecule has 0 amide bonds. The summed E-state index contributed by atoms with van der Waals surface area (Å²) in [5.74, 6) is 1.35. The quantitative estimate of drug-likeness (QED) is 0.845. The Hall–Kier alpha value is -0.830. The fourth-order valence-electron chi connectivity index (χ4n) is 1.92. The number of hydrogen-bond acceptors (Lipinski definition) is 2. The highest BCUT2D eigenvalue weighted by molar-refractivity contribution is 5.12. The summed E-state index contributed by atoms with van der Waals surface area (Å²) in [7, 11) is 0. The second-order valence-corrected chi connectivity index (χ2v) is 5.94. The van der Waals surface area contributed by atoms with E-state index in [4.69, 9.17) is 0 Å². The second-order valence-electron chi connectivity index (χ2n) is 5.94. The van der Waals surface area contributed by atoms with Gasteiger partial charge in [0, 0.05) is 37.4 Å². The minimum atomic E-state index is 0.326. The zero-order valence-corrected chi connectivity index (χ0v) is 10.8. The van der Waals surface area contributed by atoms with E-state index in [1.54, 1.807) is 0 Å². The van der Waals surface area contributed by atoms with E-state index < -0.39 is 0 Å². The van der Waals surface area contributed by atoms with Gasteiger partial charge in [-0.05, 0) is 11.3 Å². The Kier molecular flexibility index (Phi) is 3.06. The smallest absolute Gasteiger partial charge is 0.0948 e. The van der Waals surface area contributed by atoms with Gasteiger partial charge >= 0.3 is 0 Å². The van der Waals surface area contributed by atoms with Gasteiger partial charge in [0.25, 0.3) is 0 Å². The van der Waals surface area contributed by atoms with Gasteiger partial charge in [-0.2, -0.15) is 0 Å². The van der Waals surface area contributed by atoms with Crippen LogP contribution < -0.4 is 5.32 Å². The van der Waals surface area contributed by atoms with Crippen molar-refractivity contribution in [2.75, 3.05) is 13.1 Å². The monoisotopic (exact) mass is 221 g/mol. The zero-order chi connectivity index (χ0) is 11.8. The molecule has 3 heteroatoms. The molecule has 0 radical (unpaired) electrons. The molecule has 2 rings (SSSR count). The molecule has 3 nitrogen and oxygen atoms in total. The van der Waals surface area contributed by atoms with Crippen molar-refractivity contribution in [3.63, 3.8) is 0 Å². The van der Waals surface area contributed by atoms with Gasteiger partial charge in [0.15, 0.2) is 0 Å². The molecule has 0 aliphatic carbocycles. The van der Waals surface area contributed by atoms with Crippen LogP contribution in [0.25, 0.3) is 0 Å². The highest BCUT2D eigenvalue weighted by Gasteiger charge is 2.27. The molecule has 1 aliphatic heterocycles. The standard InChI is InChI=1S/C13H23N3/c1-10(2)13(3,4)8-16-9-15-7-12(16)11-5-14-6-11/h7,9-11,14H,5-6,8H2,1-4H3. The van der Waals surface area contributed by atoms with Crippen molar-refractivity contribution >= 4 is 0 Å². The molecule has 1 aromatic rings. The summed E-state index contributed by atoms with van der Waals surface area (Å²) < 4.78 is 2.34. The fraction of sp³-hybridized carbons (Fsp3) is 0.769. The van der Waals surface area contributed by atoms with Crippen LogP contribution in [0.3, 0.4) is 0 Å². The van der Waals surface area contributed by atoms with E-state index in [0.717, 1.165) is 19.6 Å². The van der Waals surface area contributed by atoms with Crippen LogP contribution in [0.2, 0.25) is 0 Å². The van der Waals surface area contributed by atoms with E-state index in [9.17, 15) is 0 Å². The maximum atomic E-state index is 4.30. The van der Waals surface area contributed by atoms with Crippen LogP contribution >= 0.6 is 0 Å². The largest absolute Gasteiger partial charge is 0.334 e. The highest BCUT2D eigenvalue weighted by Crippen LogP contribution is 2.30. The maximum absolute atomic E-state index is 4.30. The van der Waals surface area contributed by atoms with Crippen molar-refractivity contribution in [3.05, 3.63) is 18.2 Å². The SMILES string of the molecule is CC(C)C(C)(C)Cn1cncc1C1CNC1. The topological polar surface area (TPSA) is 29.9 Å². The second kappa shape index (κ2) is 4.21. The highest BCUT2D eigenvalue weighted by atomic mass is 15.1. The summed E-state index contributed by atoms with van der Waals surface area (Å²) in [5, 5.41) is 3.32. The molecule has 1 fully saturated rings. The Labute approximate surface area is 98.3 Å². The number of imidazole rings is 1. The van der Waals surface area contributed by atoms with E-state index in [1.807, 2.05) is 12.5 Å². The van der Waals surface area contributed by atoms with Gasteiger partial charge < -0.3 is 9.88 Å². The first-order chi connectivity index (χ1) is 7.50. The first-order valence-corrected chi connectivity index (χ1v) is 6.21. The van der Waals surface area contributed by atoms with Crippen LogP contribution in [0.5, 0.6) is 0 Å². The predicted molar refractivity (Wildman–Crippen MR) is 66.5 cm³/mol. The Morgan fingerprint density at radius 3 is 2.69 bits per heavy atom. The van der Waals surface area contributed by atoms with E-state index in [-0.39, 0.29) is 0 Å². The molecule has 1 saturated heterocycles. The maximum Gasteiger partial charge on any atom is 0.0948 e. The molecule has 2 heterocycles. The number of nitrogens with one attached hydrogen (secondary N) is 1. The van der Waals surface area contributed by atoms with Crippen molar-refractivity contribution in [2.24, 2.45) is 11.3 Å². The fourth-order valence-corrected chi connectivity index (χ4v) is 1.92. The van der Waals surface area contributed by atoms with Gasteiger partial charge in [-0.3, -0.25) is 0 Å². The third-order valence-electron chi connectivity index (χ3n) is 4.09. The van der Waals surface area contributed by atoms with E-state index >= 15 is 0 Å². The van der Waals surface area contributed by atoms with Gasteiger partial charge in [0.1, 0.15) is 0 Å². The first-order valence-electron chi connectivity index (χ1n) is 6.21. The lowest BCUT2D eigenvalue weighted by Gasteiger charge is -2.33. The van der Waals surface area contributed by atoms with Crippen molar-refractivity contribution in [2.45, 2.75) is 40.2 Å². The molecule has 90 valence electrons. The zero-order valence-electron chi connectivity index (χ0n) is 10.8. The number of aromatic nitrogens is 2. The molecule has 0 bridgehead atoms. The molecule has 16 heavy (non-hydrogen) atoms. The van der Waals surface area contributed by atoms with E-state index in [2.05, 4.69) is 42.6 Å². The minimum Gasteiger partial charge on any atom is -0.334 e. The summed E-state index contributed by atoms with van der Waals surface area (Å²) >= 11 is 0. The van der Waals surface area contributed by atoms with E-state index in [1.165, 1.54) is 5.69 Å². The number of rotatable bonds is 4. The minimum absolute atomic E-state index is 0.326. The Bertz CT molecular complexity index is 348. The molecule has 0 atom stereocenters. The lowest BCUT2D eigenvalue weighted by Crippen LogP contribution is -2.41. The van der Waals surface area contributed by atoms with Gasteiger partial charge in [-0.1, -0.05) is 27.7 Å². The molecule has 0 saturated carbocycles. The van der Waals surface area contributed by atoms with Crippen LogP contribution in [0.1, 0.15) is 39.3 Å². The molecule has 1 aliphatic rings. The Balaban J connectivity index is 2.12. The lowest BCUT2D eigenvalue weighted by molar-refractivity contribution is 0.205. The molecule has 0 aromatic carbocycles. The van der Waals surface area contributed by atoms with Crippen molar-refractivity contribution in [1.29, 1.82) is 0 Å². The number of nitrogens with zero attached hydrogens (tertiary/aromatic N) is 2. The Morgan fingerprint density at radius 2 is 2.19 bits per heavy atom. The molecule has 1 N–H and O–H groups in total. The summed E-state index contributed by atoms with van der Waals surface area (Å²) in [6, 6.07) is 0. The average Bonchev–Trinajstić information content (AvgIpc) is 2.49. The van der Waals surface area contributed by atoms with Gasteiger partial charge in [-0.15, -0.1) is 0 Å². The normalized spacial score (nSPS) is 17.8. The van der Waals surface area contributed by atoms with Crippen molar-refractivity contribution in [3.8, 4) is 0 Å². The lowest BCUT2D eigenvalue weighted by atomic mass is 9.81. The van der Waals surface area contributed by atoms with Crippen LogP contribution in [-0.2, 0) is 6.54 Å². The summed E-state index contributed by atoms with van der Waals surface area (Å²) in [5.41, 5.74) is 1.72. The first kappa shape index (κ1) is 11.6. The molecular formula is C13H23N3. The van der Waals surface area contributed by atoms with Crippen LogP contribution in [0.4, 0.5) is 0 Å². The van der Waals surface area contributed by atoms with Gasteiger partial charge in [0.05, 0.1) is 6.33 Å². The molecule has 0 unspecified atom stereocenters. The third kappa shape index (κ3) is 2.14. The van der Waals surface area contributed by atoms with Crippen LogP contribution in [0, 0.1) is 11.3 Å². The third-order valence-corrected chi connectivity index (χ3v) is 4.09. The Morgan fingerprint density at radius 1 is 1.50 bits per heavy atom. The van der Waals surface area contributed by atoms with Crippen molar-refractivity contribution < 1.29 is 0 Å². The predicted octanol–water partition coefficient (Wildman–Crippen LogP) is 2.25. The van der Waals surface area contributed by atoms with Gasteiger partial charge in [-0.25, -0.2) is 4.98 Å². The summed E-state index contributed by atoms with van der Waals surface area (Å²) in [4.78, 5) is 4.30. The number of hydrogen-bond donors (Lipinski definition) is 1. The summed E-state index contributed by atoms with van der Waals surface area (Å²) in [6.07, 6.45) is 4.01. The van der Waals surface area contributed by atoms with Crippen LogP contribution in [-0.4, -0.2) is 22.6 Å². The average molecular weight is 221 g/mol. The van der Waals surface area contributed by atoms with Crippen LogP contribution in [0.15, 0.2) is 12.5 Å². The molecule has 0 spiro atoms.